The molecule has 60 heavy (non-hydrogen) atoms. The second kappa shape index (κ2) is 41.9. The number of carboxylic acid groups (broad SMARTS) is 1. The molecule has 0 aromatic heterocycles. The van der Waals surface area contributed by atoms with E-state index in [-0.39, 0.29) is 12.8 Å². The first-order valence-corrected chi connectivity index (χ1v) is 23.4. The van der Waals surface area contributed by atoms with Crippen molar-refractivity contribution in [1.82, 2.24) is 0 Å². The van der Waals surface area contributed by atoms with Gasteiger partial charge in [0.15, 0.2) is 6.10 Å². The van der Waals surface area contributed by atoms with Gasteiger partial charge in [-0.05, 0) is 89.9 Å². The van der Waals surface area contributed by atoms with Gasteiger partial charge in [-0.3, -0.25) is 23.4 Å². The van der Waals surface area contributed by atoms with Crippen molar-refractivity contribution in [1.29, 1.82) is 0 Å². The van der Waals surface area contributed by atoms with Crippen molar-refractivity contribution in [3.05, 3.63) is 109 Å². The van der Waals surface area contributed by atoms with E-state index < -0.39 is 57.7 Å². The number of carbonyl (C=O) groups excluding carboxylic acids is 2. The highest BCUT2D eigenvalue weighted by atomic mass is 31.2. The van der Waals surface area contributed by atoms with Crippen LogP contribution in [0.25, 0.3) is 0 Å². The van der Waals surface area contributed by atoms with Crippen LogP contribution in [0.4, 0.5) is 0 Å². The van der Waals surface area contributed by atoms with Gasteiger partial charge in [0.05, 0.1) is 13.2 Å². The minimum atomic E-state index is -4.75. The van der Waals surface area contributed by atoms with Crippen molar-refractivity contribution in [3.63, 3.8) is 0 Å². The first-order valence-electron chi connectivity index (χ1n) is 21.9. The molecule has 0 aromatic rings. The van der Waals surface area contributed by atoms with E-state index in [1.165, 1.54) is 19.3 Å². The molecule has 0 fully saturated rings. The summed E-state index contributed by atoms with van der Waals surface area (Å²) in [6.45, 7) is 2.54. The summed E-state index contributed by atoms with van der Waals surface area (Å²) in [5.74, 6) is -2.53. The van der Waals surface area contributed by atoms with Crippen LogP contribution in [0.15, 0.2) is 109 Å². The lowest BCUT2D eigenvalue weighted by atomic mass is 10.1. The number of aliphatic carboxylic acids is 1. The predicted octanol–water partition coefficient (Wildman–Crippen LogP) is 11.8. The molecule has 0 saturated carbocycles. The number of unbranched alkanes of at least 4 members (excludes halogenated alkanes) is 7. The minimum Gasteiger partial charge on any atom is -0.480 e. The Hall–Kier alpha value is -3.86. The molecule has 0 aliphatic carbocycles. The summed E-state index contributed by atoms with van der Waals surface area (Å²) in [4.78, 5) is 45.9. The van der Waals surface area contributed by atoms with Crippen molar-refractivity contribution in [3.8, 4) is 0 Å². The quantitative estimate of drug-likeness (QED) is 0.0232. The molecule has 3 atom stereocenters. The third-order valence-corrected chi connectivity index (χ3v) is 9.47. The second-order valence-corrected chi connectivity index (χ2v) is 15.5. The zero-order valence-electron chi connectivity index (χ0n) is 36.5. The lowest BCUT2D eigenvalue weighted by molar-refractivity contribution is -0.161. The Morgan fingerprint density at radius 1 is 0.533 bits per heavy atom. The molecule has 0 rings (SSSR count). The largest absolute Gasteiger partial charge is 0.480 e. The van der Waals surface area contributed by atoms with Gasteiger partial charge in [-0.15, -0.1) is 0 Å². The molecule has 0 aliphatic heterocycles. The van der Waals surface area contributed by atoms with Gasteiger partial charge in [0.25, 0.3) is 0 Å². The molecule has 12 heteroatoms. The molecular weight excluding hydrogens is 781 g/mol. The van der Waals surface area contributed by atoms with E-state index in [2.05, 4.69) is 110 Å². The Kier molecular flexibility index (Phi) is 39.2. The van der Waals surface area contributed by atoms with Gasteiger partial charge in [0.1, 0.15) is 12.6 Å². The van der Waals surface area contributed by atoms with E-state index in [4.69, 9.17) is 24.8 Å². The highest BCUT2D eigenvalue weighted by molar-refractivity contribution is 7.47. The third-order valence-electron chi connectivity index (χ3n) is 8.52. The number of ether oxygens (including phenoxy) is 2. The van der Waals surface area contributed by atoms with E-state index in [0.29, 0.717) is 19.3 Å². The average molecular weight is 858 g/mol. The van der Waals surface area contributed by atoms with Gasteiger partial charge < -0.3 is 25.2 Å². The molecule has 0 saturated heterocycles. The fraction of sp³-hybridized carbons (Fsp3) is 0.562. The Labute approximate surface area is 361 Å². The van der Waals surface area contributed by atoms with Crippen LogP contribution in [0, 0.1) is 0 Å². The number of nitrogens with two attached hydrogens (primary N) is 1. The summed E-state index contributed by atoms with van der Waals surface area (Å²) in [5.41, 5.74) is 5.33. The van der Waals surface area contributed by atoms with E-state index >= 15 is 0 Å². The Morgan fingerprint density at radius 3 is 1.45 bits per heavy atom. The molecule has 0 bridgehead atoms. The van der Waals surface area contributed by atoms with Crippen LogP contribution < -0.4 is 5.73 Å². The van der Waals surface area contributed by atoms with E-state index in [1.54, 1.807) is 0 Å². The highest BCUT2D eigenvalue weighted by Crippen LogP contribution is 2.43. The first-order chi connectivity index (χ1) is 29.1. The molecule has 0 aromatic carbocycles. The van der Waals surface area contributed by atoms with Crippen molar-refractivity contribution < 1.29 is 47.5 Å². The predicted molar refractivity (Wildman–Crippen MR) is 244 cm³/mol. The number of hydrogen-bond acceptors (Lipinski definition) is 9. The fourth-order valence-corrected chi connectivity index (χ4v) is 5.87. The molecule has 0 spiro atoms. The number of esters is 2. The summed E-state index contributed by atoms with van der Waals surface area (Å²) in [5, 5.41) is 8.89. The fourth-order valence-electron chi connectivity index (χ4n) is 5.10. The lowest BCUT2D eigenvalue weighted by Crippen LogP contribution is -2.34. The first kappa shape index (κ1) is 56.1. The van der Waals surface area contributed by atoms with Crippen LogP contribution in [-0.4, -0.2) is 59.9 Å². The number of phosphoric acid groups is 1. The van der Waals surface area contributed by atoms with Crippen LogP contribution >= 0.6 is 7.82 Å². The third kappa shape index (κ3) is 40.9. The van der Waals surface area contributed by atoms with Crippen LogP contribution in [0.3, 0.4) is 0 Å². The van der Waals surface area contributed by atoms with Crippen molar-refractivity contribution in [2.45, 2.75) is 154 Å². The summed E-state index contributed by atoms with van der Waals surface area (Å²) >= 11 is 0. The van der Waals surface area contributed by atoms with Gasteiger partial charge in [0.2, 0.25) is 0 Å². The van der Waals surface area contributed by atoms with Crippen molar-refractivity contribution >= 4 is 25.7 Å². The molecular formula is C48H76NO10P. The maximum Gasteiger partial charge on any atom is 0.472 e. The SMILES string of the molecule is CCC=CCC=CCC=CCC=CCC=CCC=CCCC(=O)OC(COC(=O)CCCCCCC=CCC=CCC=CCCCCC)COP(=O)(O)OCC(N)C(=O)O. The Morgan fingerprint density at radius 2 is 0.967 bits per heavy atom. The molecule has 11 nitrogen and oxygen atoms in total. The number of allylic oxidation sites excluding steroid dienone is 18. The molecule has 338 valence electrons. The topological polar surface area (TPSA) is 172 Å². The molecule has 0 amide bonds. The van der Waals surface area contributed by atoms with Gasteiger partial charge in [-0.25, -0.2) is 4.57 Å². The number of phosphoric ester groups is 1. The molecule has 0 heterocycles. The zero-order valence-corrected chi connectivity index (χ0v) is 37.4. The standard InChI is InChI=1S/C48H76NO10P/c1-3-5-7-9-11-13-15-17-19-21-22-24-26-28-30-32-34-36-38-40-47(51)59-44(42-57-60(54,55)58-43-45(49)48(52)53)41-56-46(50)39-37-35-33-31-29-27-25-23-20-18-16-14-12-10-8-6-4-2/h5,7,11-14,17-20,22,24-25,27-28,30,34,36,44-45H,3-4,6,8-10,15-16,21,23,26,29,31-33,35,37-43,49H2,1-2H3,(H,52,53)(H,54,55). The lowest BCUT2D eigenvalue weighted by Gasteiger charge is -2.20. The minimum absolute atomic E-state index is 0.0239. The summed E-state index contributed by atoms with van der Waals surface area (Å²) in [6.07, 6.45) is 54.5. The van der Waals surface area contributed by atoms with Gasteiger partial charge >= 0.3 is 25.7 Å². The highest BCUT2D eigenvalue weighted by Gasteiger charge is 2.28. The number of rotatable bonds is 39. The van der Waals surface area contributed by atoms with Gasteiger partial charge in [0, 0.05) is 12.8 Å². The van der Waals surface area contributed by atoms with Gasteiger partial charge in [-0.1, -0.05) is 149 Å². The summed E-state index contributed by atoms with van der Waals surface area (Å²) < 4.78 is 32.6. The van der Waals surface area contributed by atoms with E-state index in [1.807, 2.05) is 18.2 Å². The van der Waals surface area contributed by atoms with Crippen molar-refractivity contribution in [2.75, 3.05) is 19.8 Å². The van der Waals surface area contributed by atoms with Crippen LogP contribution in [0.1, 0.15) is 142 Å². The molecule has 0 aliphatic rings. The van der Waals surface area contributed by atoms with E-state index in [0.717, 1.165) is 77.0 Å². The van der Waals surface area contributed by atoms with Crippen LogP contribution in [-0.2, 0) is 37.5 Å². The number of carboxylic acids is 1. The van der Waals surface area contributed by atoms with E-state index in [9.17, 15) is 23.8 Å². The van der Waals surface area contributed by atoms with Crippen LogP contribution in [0.2, 0.25) is 0 Å². The zero-order chi connectivity index (χ0) is 44.2. The Bertz CT molecular complexity index is 1430. The average Bonchev–Trinajstić information content (AvgIpc) is 3.22. The smallest absolute Gasteiger partial charge is 0.472 e. The molecule has 4 N–H and O–H groups in total. The normalized spacial score (nSPS) is 14.7. The number of hydrogen-bond donors (Lipinski definition) is 3. The van der Waals surface area contributed by atoms with Gasteiger partial charge in [-0.2, -0.15) is 0 Å². The maximum atomic E-state index is 12.6. The monoisotopic (exact) mass is 858 g/mol. The Balaban J connectivity index is 4.56. The van der Waals surface area contributed by atoms with Crippen molar-refractivity contribution in [2.24, 2.45) is 5.73 Å². The molecule has 3 unspecified atom stereocenters. The van der Waals surface area contributed by atoms with Crippen LogP contribution in [0.5, 0.6) is 0 Å². The molecule has 0 radical (unpaired) electrons. The summed E-state index contributed by atoms with van der Waals surface area (Å²) in [7, 11) is -4.75. The number of carbonyl (C=O) groups is 3. The second-order valence-electron chi connectivity index (χ2n) is 14.1. The maximum absolute atomic E-state index is 12.6. The summed E-state index contributed by atoms with van der Waals surface area (Å²) in [6, 6.07) is -1.54.